The highest BCUT2D eigenvalue weighted by Gasteiger charge is 2.43. The molecule has 7 heteroatoms. The van der Waals surface area contributed by atoms with Gasteiger partial charge in [0.25, 0.3) is 5.91 Å². The Morgan fingerprint density at radius 2 is 2.07 bits per heavy atom. The molecule has 2 aliphatic heterocycles. The Balaban J connectivity index is 1.47. The maximum Gasteiger partial charge on any atom is 0.258 e. The Kier molecular flexibility index (Phi) is 4.53. The number of hydrogen-bond donors (Lipinski definition) is 2. The molecule has 144 valence electrons. The van der Waals surface area contributed by atoms with Crippen molar-refractivity contribution < 1.29 is 19.1 Å². The van der Waals surface area contributed by atoms with E-state index in [2.05, 4.69) is 10.6 Å². The van der Waals surface area contributed by atoms with Crippen molar-refractivity contribution in [2.45, 2.75) is 63.3 Å². The number of carbonyl (C=O) groups is 3. The Morgan fingerprint density at radius 3 is 2.81 bits per heavy atom. The van der Waals surface area contributed by atoms with Crippen molar-refractivity contribution in [3.63, 3.8) is 0 Å². The van der Waals surface area contributed by atoms with Gasteiger partial charge in [-0.3, -0.25) is 14.4 Å². The molecule has 0 bridgehead atoms. The smallest absolute Gasteiger partial charge is 0.258 e. The quantitative estimate of drug-likeness (QED) is 0.844. The van der Waals surface area contributed by atoms with Gasteiger partial charge in [-0.25, -0.2) is 0 Å². The summed E-state index contributed by atoms with van der Waals surface area (Å²) in [5, 5.41) is 5.96. The van der Waals surface area contributed by atoms with Gasteiger partial charge >= 0.3 is 0 Å². The van der Waals surface area contributed by atoms with E-state index in [4.69, 9.17) is 4.74 Å². The van der Waals surface area contributed by atoms with Crippen LogP contribution in [0.1, 0.15) is 55.8 Å². The van der Waals surface area contributed by atoms with E-state index in [1.165, 1.54) is 0 Å². The molecule has 3 amide bonds. The molecule has 1 aliphatic carbocycles. The second kappa shape index (κ2) is 6.87. The predicted molar refractivity (Wildman–Crippen MR) is 98.1 cm³/mol. The van der Waals surface area contributed by atoms with Crippen molar-refractivity contribution in [3.05, 3.63) is 29.8 Å². The summed E-state index contributed by atoms with van der Waals surface area (Å²) in [6.07, 6.45) is 4.22. The molecule has 2 heterocycles. The highest BCUT2D eigenvalue weighted by Crippen LogP contribution is 2.34. The number of rotatable bonds is 3. The zero-order chi connectivity index (χ0) is 19.0. The number of carbonyl (C=O) groups excluding carboxylic acids is 3. The first kappa shape index (κ1) is 17.8. The summed E-state index contributed by atoms with van der Waals surface area (Å²) < 4.78 is 6.13. The zero-order valence-corrected chi connectivity index (χ0v) is 15.5. The molecule has 1 spiro atoms. The third-order valence-corrected chi connectivity index (χ3v) is 5.90. The molecule has 0 unspecified atom stereocenters. The lowest BCUT2D eigenvalue weighted by Crippen LogP contribution is -2.56. The van der Waals surface area contributed by atoms with E-state index in [-0.39, 0.29) is 30.2 Å². The monoisotopic (exact) mass is 371 g/mol. The number of benzene rings is 1. The zero-order valence-electron chi connectivity index (χ0n) is 15.5. The molecule has 1 aromatic rings. The van der Waals surface area contributed by atoms with Crippen LogP contribution < -0.4 is 15.4 Å². The predicted octanol–water partition coefficient (Wildman–Crippen LogP) is 1.57. The molecule has 1 aromatic carbocycles. The summed E-state index contributed by atoms with van der Waals surface area (Å²) in [6, 6.07) is 6.82. The van der Waals surface area contributed by atoms with E-state index in [1.807, 2.05) is 6.07 Å². The van der Waals surface area contributed by atoms with Crippen molar-refractivity contribution in [2.24, 2.45) is 0 Å². The van der Waals surface area contributed by atoms with E-state index >= 15 is 0 Å². The third-order valence-electron chi connectivity index (χ3n) is 5.90. The summed E-state index contributed by atoms with van der Waals surface area (Å²) in [7, 11) is 0. The maximum absolute atomic E-state index is 12.7. The lowest BCUT2D eigenvalue weighted by atomic mass is 9.93. The molecule has 4 rings (SSSR count). The molecule has 7 nitrogen and oxygen atoms in total. The number of fused-ring (bicyclic) bond motifs is 1. The van der Waals surface area contributed by atoms with Gasteiger partial charge < -0.3 is 20.3 Å². The fourth-order valence-corrected chi connectivity index (χ4v) is 3.91. The number of amides is 3. The molecule has 0 aromatic heterocycles. The summed E-state index contributed by atoms with van der Waals surface area (Å²) in [5.74, 6) is 0.161. The van der Waals surface area contributed by atoms with Gasteiger partial charge in [-0.1, -0.05) is 12.1 Å². The van der Waals surface area contributed by atoms with Crippen LogP contribution in [0.2, 0.25) is 0 Å². The second-order valence-corrected chi connectivity index (χ2v) is 7.70. The number of likely N-dealkylation sites (tertiary alicyclic amines) is 1. The van der Waals surface area contributed by atoms with Gasteiger partial charge in [0.1, 0.15) is 11.8 Å². The first-order chi connectivity index (χ1) is 13.0. The molecule has 27 heavy (non-hydrogen) atoms. The minimum absolute atomic E-state index is 0.0835. The first-order valence-corrected chi connectivity index (χ1v) is 9.68. The van der Waals surface area contributed by atoms with Crippen LogP contribution in [0.4, 0.5) is 0 Å². The van der Waals surface area contributed by atoms with Crippen molar-refractivity contribution in [2.75, 3.05) is 6.54 Å². The minimum atomic E-state index is -0.903. The van der Waals surface area contributed by atoms with Crippen molar-refractivity contribution in [3.8, 4) is 5.75 Å². The maximum atomic E-state index is 12.7. The van der Waals surface area contributed by atoms with Gasteiger partial charge in [-0.2, -0.15) is 0 Å². The number of nitrogens with one attached hydrogen (secondary N) is 2. The van der Waals surface area contributed by atoms with Gasteiger partial charge in [0, 0.05) is 31.8 Å². The molecule has 2 N–H and O–H groups in total. The van der Waals surface area contributed by atoms with E-state index in [9.17, 15) is 14.4 Å². The molecule has 0 radical (unpaired) electrons. The average molecular weight is 371 g/mol. The van der Waals surface area contributed by atoms with E-state index in [1.54, 1.807) is 30.0 Å². The fourth-order valence-electron chi connectivity index (χ4n) is 3.91. The molecule has 1 saturated heterocycles. The van der Waals surface area contributed by atoms with E-state index in [0.29, 0.717) is 30.7 Å². The molecule has 2 atom stereocenters. The largest absolute Gasteiger partial charge is 0.467 e. The fraction of sp³-hybridized carbons (Fsp3) is 0.550. The lowest BCUT2D eigenvalue weighted by molar-refractivity contribution is -0.139. The topological polar surface area (TPSA) is 87.7 Å². The Hall–Kier alpha value is -2.57. The van der Waals surface area contributed by atoms with Crippen LogP contribution in [0.25, 0.3) is 0 Å². The van der Waals surface area contributed by atoms with E-state index in [0.717, 1.165) is 19.3 Å². The molecule has 2 fully saturated rings. The lowest BCUT2D eigenvalue weighted by Gasteiger charge is -2.38. The van der Waals surface area contributed by atoms with Crippen LogP contribution in [-0.4, -0.2) is 47.0 Å². The Labute approximate surface area is 158 Å². The summed E-state index contributed by atoms with van der Waals surface area (Å²) in [4.78, 5) is 39.2. The summed E-state index contributed by atoms with van der Waals surface area (Å²) in [6.45, 7) is 2.13. The van der Waals surface area contributed by atoms with Gasteiger partial charge in [-0.15, -0.1) is 0 Å². The number of nitrogens with zero attached hydrogens (tertiary/aromatic N) is 1. The van der Waals surface area contributed by atoms with Crippen molar-refractivity contribution in [1.29, 1.82) is 0 Å². The molecular formula is C20H25N3O4. The van der Waals surface area contributed by atoms with Crippen molar-refractivity contribution in [1.82, 2.24) is 15.5 Å². The average Bonchev–Trinajstić information content (AvgIpc) is 2.77. The molecular weight excluding hydrogens is 346 g/mol. The van der Waals surface area contributed by atoms with Crippen molar-refractivity contribution >= 4 is 17.7 Å². The van der Waals surface area contributed by atoms with Crippen LogP contribution in [0.3, 0.4) is 0 Å². The third kappa shape index (κ3) is 3.38. The first-order valence-electron chi connectivity index (χ1n) is 9.68. The van der Waals surface area contributed by atoms with Gasteiger partial charge in [0.15, 0.2) is 5.72 Å². The minimum Gasteiger partial charge on any atom is -0.467 e. The highest BCUT2D eigenvalue weighted by atomic mass is 16.5. The normalized spacial score (nSPS) is 26.3. The van der Waals surface area contributed by atoms with Crippen LogP contribution in [0.5, 0.6) is 5.75 Å². The molecule has 1 saturated carbocycles. The van der Waals surface area contributed by atoms with Gasteiger partial charge in [0.05, 0.1) is 5.56 Å². The van der Waals surface area contributed by atoms with Crippen LogP contribution in [0.15, 0.2) is 24.3 Å². The number of ether oxygens (including phenoxy) is 1. The Bertz CT molecular complexity index is 776. The van der Waals surface area contributed by atoms with Crippen LogP contribution in [-0.2, 0) is 9.59 Å². The summed E-state index contributed by atoms with van der Waals surface area (Å²) >= 11 is 0. The van der Waals surface area contributed by atoms with E-state index < -0.39 is 11.8 Å². The molecule has 3 aliphatic rings. The van der Waals surface area contributed by atoms with Gasteiger partial charge in [-0.05, 0) is 38.3 Å². The van der Waals surface area contributed by atoms with Crippen LogP contribution in [0, 0.1) is 0 Å². The van der Waals surface area contributed by atoms with Gasteiger partial charge in [0.2, 0.25) is 11.8 Å². The number of hydrogen-bond acceptors (Lipinski definition) is 4. The Morgan fingerprint density at radius 1 is 1.30 bits per heavy atom. The highest BCUT2D eigenvalue weighted by molar-refractivity contribution is 5.98. The summed E-state index contributed by atoms with van der Waals surface area (Å²) in [5.41, 5.74) is -0.399. The second-order valence-electron chi connectivity index (χ2n) is 7.70. The van der Waals surface area contributed by atoms with Crippen LogP contribution >= 0.6 is 0 Å². The standard InChI is InChI=1S/C20H25N3O4/c1-13(18(25)21-14-5-4-6-14)23-12-11-20(10-9-17(23)24)22-19(26)15-7-2-3-8-16(15)27-20/h2-3,7-8,13-14H,4-6,9-12H2,1H3,(H,21,25)(H,22,26)/t13-,20+/m0/s1. The number of para-hydroxylation sites is 1. The SMILES string of the molecule is C[C@@H](C(=O)NC1CCC1)N1CC[C@]2(CCC1=O)NC(=O)c1ccccc1O2.